The minimum atomic E-state index is 0.0251. The van der Waals surface area contributed by atoms with Crippen molar-refractivity contribution < 1.29 is 4.79 Å². The van der Waals surface area contributed by atoms with Gasteiger partial charge in [0.05, 0.1) is 18.3 Å². The number of hydrogen-bond donors (Lipinski definition) is 2. The van der Waals surface area contributed by atoms with Crippen LogP contribution in [-0.2, 0) is 11.2 Å². The first-order valence-corrected chi connectivity index (χ1v) is 7.43. The fourth-order valence-electron chi connectivity index (χ4n) is 2.48. The summed E-state index contributed by atoms with van der Waals surface area (Å²) < 4.78 is 0. The van der Waals surface area contributed by atoms with Crippen LogP contribution in [0.1, 0.15) is 31.4 Å². The molecule has 0 aromatic carbocycles. The van der Waals surface area contributed by atoms with Crippen LogP contribution in [0.2, 0.25) is 0 Å². The summed E-state index contributed by atoms with van der Waals surface area (Å²) in [5.74, 6) is 0.0251. The Balaban J connectivity index is 1.65. The number of pyridine rings is 1. The highest BCUT2D eigenvalue weighted by Crippen LogP contribution is 2.08. The number of anilines is 1. The van der Waals surface area contributed by atoms with Crippen LogP contribution in [0.25, 0.3) is 0 Å². The Morgan fingerprint density at radius 1 is 1.25 bits per heavy atom. The van der Waals surface area contributed by atoms with Gasteiger partial charge < -0.3 is 16.0 Å². The number of carbonyl (C=O) groups excluding carboxylic acids is 1. The number of carbonyl (C=O) groups is 1. The molecule has 0 saturated carbocycles. The number of hydrogen-bond acceptors (Lipinski definition) is 4. The van der Waals surface area contributed by atoms with E-state index in [9.17, 15) is 4.79 Å². The summed E-state index contributed by atoms with van der Waals surface area (Å²) >= 11 is 0. The SMILES string of the molecule is Nc1ccc(CC(=O)NCCN2CCCCCC2)nc1. The number of nitrogen functional groups attached to an aromatic ring is 1. The molecule has 1 aliphatic rings. The van der Waals surface area contributed by atoms with Crippen LogP contribution in [0.5, 0.6) is 0 Å². The highest BCUT2D eigenvalue weighted by Gasteiger charge is 2.09. The van der Waals surface area contributed by atoms with Crippen molar-refractivity contribution in [3.8, 4) is 0 Å². The van der Waals surface area contributed by atoms with Crippen LogP contribution in [-0.4, -0.2) is 42.0 Å². The molecule has 1 aromatic rings. The lowest BCUT2D eigenvalue weighted by atomic mass is 10.2. The summed E-state index contributed by atoms with van der Waals surface area (Å²) in [6.07, 6.45) is 7.14. The monoisotopic (exact) mass is 276 g/mol. The largest absolute Gasteiger partial charge is 0.397 e. The van der Waals surface area contributed by atoms with Gasteiger partial charge in [0.2, 0.25) is 5.91 Å². The second kappa shape index (κ2) is 7.85. The zero-order valence-electron chi connectivity index (χ0n) is 12.0. The van der Waals surface area contributed by atoms with Gasteiger partial charge in [0.15, 0.2) is 0 Å². The molecule has 0 unspecified atom stereocenters. The van der Waals surface area contributed by atoms with E-state index < -0.39 is 0 Å². The zero-order chi connectivity index (χ0) is 14.2. The summed E-state index contributed by atoms with van der Waals surface area (Å²) in [6.45, 7) is 3.99. The molecule has 0 atom stereocenters. The number of amides is 1. The van der Waals surface area contributed by atoms with Crippen molar-refractivity contribution in [2.24, 2.45) is 0 Å². The molecule has 1 saturated heterocycles. The van der Waals surface area contributed by atoms with Gasteiger partial charge in [0.1, 0.15) is 0 Å². The summed E-state index contributed by atoms with van der Waals surface area (Å²) in [6, 6.07) is 3.57. The molecule has 1 aromatic heterocycles. The van der Waals surface area contributed by atoms with E-state index in [4.69, 9.17) is 5.73 Å². The molecule has 5 heteroatoms. The molecule has 1 amide bonds. The number of nitrogens with zero attached hydrogens (tertiary/aromatic N) is 2. The van der Waals surface area contributed by atoms with Gasteiger partial charge >= 0.3 is 0 Å². The Labute approximate surface area is 120 Å². The predicted octanol–water partition coefficient (Wildman–Crippen LogP) is 1.20. The Morgan fingerprint density at radius 2 is 2.00 bits per heavy atom. The minimum Gasteiger partial charge on any atom is -0.397 e. The standard InChI is InChI=1S/C15H24N4O/c16-13-5-6-14(18-12-13)11-15(20)17-7-10-19-8-3-1-2-4-9-19/h5-6,12H,1-4,7-11,16H2,(H,17,20). The van der Waals surface area contributed by atoms with Crippen molar-refractivity contribution in [1.82, 2.24) is 15.2 Å². The maximum Gasteiger partial charge on any atom is 0.226 e. The molecule has 3 N–H and O–H groups in total. The third-order valence-electron chi connectivity index (χ3n) is 3.64. The fourth-order valence-corrected chi connectivity index (χ4v) is 2.48. The average Bonchev–Trinajstić information content (AvgIpc) is 2.70. The van der Waals surface area contributed by atoms with Gasteiger partial charge in [-0.3, -0.25) is 9.78 Å². The van der Waals surface area contributed by atoms with E-state index in [0.717, 1.165) is 25.3 Å². The Hall–Kier alpha value is -1.62. The Bertz CT molecular complexity index is 410. The molecule has 5 nitrogen and oxygen atoms in total. The van der Waals surface area contributed by atoms with Gasteiger partial charge in [-0.1, -0.05) is 12.8 Å². The van der Waals surface area contributed by atoms with E-state index in [2.05, 4.69) is 15.2 Å². The first-order valence-electron chi connectivity index (χ1n) is 7.43. The van der Waals surface area contributed by atoms with E-state index in [1.165, 1.54) is 25.7 Å². The molecular weight excluding hydrogens is 252 g/mol. The van der Waals surface area contributed by atoms with Crippen molar-refractivity contribution in [1.29, 1.82) is 0 Å². The smallest absolute Gasteiger partial charge is 0.226 e. The first-order chi connectivity index (χ1) is 9.74. The molecule has 20 heavy (non-hydrogen) atoms. The molecule has 0 spiro atoms. The van der Waals surface area contributed by atoms with E-state index in [1.54, 1.807) is 18.3 Å². The highest BCUT2D eigenvalue weighted by molar-refractivity contribution is 5.78. The second-order valence-corrected chi connectivity index (χ2v) is 5.37. The van der Waals surface area contributed by atoms with E-state index in [-0.39, 0.29) is 5.91 Å². The van der Waals surface area contributed by atoms with Crippen LogP contribution in [0.4, 0.5) is 5.69 Å². The lowest BCUT2D eigenvalue weighted by Gasteiger charge is -2.19. The van der Waals surface area contributed by atoms with Gasteiger partial charge in [0, 0.05) is 18.8 Å². The van der Waals surface area contributed by atoms with E-state index in [1.807, 2.05) is 0 Å². The van der Waals surface area contributed by atoms with Crippen molar-refractivity contribution in [3.05, 3.63) is 24.0 Å². The molecule has 2 rings (SSSR count). The fraction of sp³-hybridized carbons (Fsp3) is 0.600. The molecule has 1 aliphatic heterocycles. The summed E-state index contributed by atoms with van der Waals surface area (Å²) in [7, 11) is 0. The van der Waals surface area contributed by atoms with Gasteiger partial charge in [0.25, 0.3) is 0 Å². The van der Waals surface area contributed by atoms with Crippen molar-refractivity contribution in [2.75, 3.05) is 31.9 Å². The van der Waals surface area contributed by atoms with Gasteiger partial charge in [-0.25, -0.2) is 0 Å². The number of nitrogens with one attached hydrogen (secondary N) is 1. The number of nitrogens with two attached hydrogens (primary N) is 1. The van der Waals surface area contributed by atoms with Crippen LogP contribution >= 0.6 is 0 Å². The predicted molar refractivity (Wildman–Crippen MR) is 80.3 cm³/mol. The molecule has 0 radical (unpaired) electrons. The van der Waals surface area contributed by atoms with E-state index in [0.29, 0.717) is 18.7 Å². The van der Waals surface area contributed by atoms with Gasteiger partial charge in [-0.05, 0) is 38.1 Å². The molecule has 0 bridgehead atoms. The molecule has 2 heterocycles. The van der Waals surface area contributed by atoms with Gasteiger partial charge in [-0.15, -0.1) is 0 Å². The lowest BCUT2D eigenvalue weighted by molar-refractivity contribution is -0.120. The van der Waals surface area contributed by atoms with Gasteiger partial charge in [-0.2, -0.15) is 0 Å². The third-order valence-corrected chi connectivity index (χ3v) is 3.64. The average molecular weight is 276 g/mol. The molecular formula is C15H24N4O. The van der Waals surface area contributed by atoms with Crippen LogP contribution < -0.4 is 11.1 Å². The second-order valence-electron chi connectivity index (χ2n) is 5.37. The van der Waals surface area contributed by atoms with Crippen LogP contribution in [0.15, 0.2) is 18.3 Å². The summed E-state index contributed by atoms with van der Waals surface area (Å²) in [5.41, 5.74) is 6.94. The molecule has 1 fully saturated rings. The molecule has 110 valence electrons. The zero-order valence-corrected chi connectivity index (χ0v) is 12.0. The molecule has 0 aliphatic carbocycles. The first kappa shape index (κ1) is 14.8. The van der Waals surface area contributed by atoms with E-state index >= 15 is 0 Å². The van der Waals surface area contributed by atoms with Crippen molar-refractivity contribution in [3.63, 3.8) is 0 Å². The Kier molecular flexibility index (Phi) is 5.80. The van der Waals surface area contributed by atoms with Crippen molar-refractivity contribution >= 4 is 11.6 Å². The summed E-state index contributed by atoms with van der Waals surface area (Å²) in [4.78, 5) is 18.4. The maximum atomic E-state index is 11.8. The van der Waals surface area contributed by atoms with Crippen molar-refractivity contribution in [2.45, 2.75) is 32.1 Å². The number of rotatable bonds is 5. The van der Waals surface area contributed by atoms with Crippen LogP contribution in [0.3, 0.4) is 0 Å². The maximum absolute atomic E-state index is 11.8. The lowest BCUT2D eigenvalue weighted by Crippen LogP contribution is -2.36. The Morgan fingerprint density at radius 3 is 2.65 bits per heavy atom. The highest BCUT2D eigenvalue weighted by atomic mass is 16.1. The number of likely N-dealkylation sites (tertiary alicyclic amines) is 1. The summed E-state index contributed by atoms with van der Waals surface area (Å²) in [5, 5.41) is 2.96. The third kappa shape index (κ3) is 5.17. The topological polar surface area (TPSA) is 71.2 Å². The van der Waals surface area contributed by atoms with Crippen LogP contribution in [0, 0.1) is 0 Å². The number of aromatic nitrogens is 1. The quantitative estimate of drug-likeness (QED) is 0.847. The minimum absolute atomic E-state index is 0.0251. The normalized spacial score (nSPS) is 16.6.